The molecule has 1 heterocycles. The predicted molar refractivity (Wildman–Crippen MR) is 106 cm³/mol. The first-order chi connectivity index (χ1) is 12.6. The monoisotopic (exact) mass is 344 g/mol. The average Bonchev–Trinajstić information content (AvgIpc) is 2.65. The molecule has 0 spiro atoms. The minimum absolute atomic E-state index is 0.651. The fraction of sp³-hybridized carbons (Fsp3) is 0.0952. The fourth-order valence-electron chi connectivity index (χ4n) is 3.12. The number of fused-ring (bicyclic) bond motifs is 1. The maximum absolute atomic E-state index is 6.70. The first kappa shape index (κ1) is 16.2. The van der Waals surface area contributed by atoms with Gasteiger partial charge in [-0.25, -0.2) is 4.99 Å². The number of nitrogen functional groups attached to an aromatic ring is 1. The molecule has 1 atom stereocenters. The third kappa shape index (κ3) is 2.78. The zero-order chi connectivity index (χ0) is 18.1. The second-order valence-corrected chi connectivity index (χ2v) is 6.37. The van der Waals surface area contributed by atoms with E-state index < -0.39 is 5.66 Å². The van der Waals surface area contributed by atoms with Crippen LogP contribution in [0.4, 0.5) is 11.4 Å². The van der Waals surface area contributed by atoms with Crippen LogP contribution >= 0.6 is 0 Å². The van der Waals surface area contributed by atoms with Gasteiger partial charge in [-0.15, -0.1) is 0 Å². The molecule has 0 amide bonds. The summed E-state index contributed by atoms with van der Waals surface area (Å²) in [6, 6.07) is 21.2. The number of hydrogen-bond donors (Lipinski definition) is 3. The highest BCUT2D eigenvalue weighted by Gasteiger charge is 2.33. The highest BCUT2D eigenvalue weighted by Crippen LogP contribution is 2.38. The number of ether oxygens (including phenoxy) is 1. The Hall–Kier alpha value is -3.31. The lowest BCUT2D eigenvalue weighted by atomic mass is 9.89. The number of anilines is 2. The van der Waals surface area contributed by atoms with Gasteiger partial charge in [-0.05, 0) is 60.5 Å². The van der Waals surface area contributed by atoms with Crippen molar-refractivity contribution in [3.63, 3.8) is 0 Å². The first-order valence-corrected chi connectivity index (χ1v) is 8.39. The normalized spacial score (nSPS) is 18.1. The second-order valence-electron chi connectivity index (χ2n) is 6.37. The Labute approximate surface area is 152 Å². The number of nitrogens with one attached hydrogen (secondary N) is 1. The van der Waals surface area contributed by atoms with Crippen molar-refractivity contribution in [2.24, 2.45) is 10.7 Å². The predicted octanol–water partition coefficient (Wildman–Crippen LogP) is 3.98. The summed E-state index contributed by atoms with van der Waals surface area (Å²) in [5, 5.41) is 3.12. The van der Waals surface area contributed by atoms with Gasteiger partial charge in [0.1, 0.15) is 11.5 Å². The van der Waals surface area contributed by atoms with Crippen LogP contribution in [0, 0.1) is 6.92 Å². The van der Waals surface area contributed by atoms with Gasteiger partial charge in [0.25, 0.3) is 0 Å². The molecule has 0 saturated heterocycles. The van der Waals surface area contributed by atoms with Gasteiger partial charge in [0.15, 0.2) is 5.66 Å². The standard InChI is InChI=1S/C21H20N4O/c1-14-11-15(7-10-20(14)26-17-5-3-2-4-6-17)21(23)18-12-16(22)8-9-19(18)24-13-25-21/h2-13H,22-23H2,1H3,(H,24,25). The molecule has 0 fully saturated rings. The Morgan fingerprint density at radius 3 is 2.58 bits per heavy atom. The van der Waals surface area contributed by atoms with Gasteiger partial charge in [-0.2, -0.15) is 0 Å². The van der Waals surface area contributed by atoms with Crippen molar-refractivity contribution >= 4 is 17.7 Å². The number of nitrogens with zero attached hydrogens (tertiary/aromatic N) is 1. The topological polar surface area (TPSA) is 85.7 Å². The Morgan fingerprint density at radius 1 is 1.00 bits per heavy atom. The molecule has 0 aromatic heterocycles. The molecule has 1 aliphatic heterocycles. The van der Waals surface area contributed by atoms with Crippen molar-refractivity contribution in [3.05, 3.63) is 83.4 Å². The molecule has 3 aromatic carbocycles. The van der Waals surface area contributed by atoms with Gasteiger partial charge < -0.3 is 15.8 Å². The summed E-state index contributed by atoms with van der Waals surface area (Å²) in [6.07, 6.45) is 1.63. The summed E-state index contributed by atoms with van der Waals surface area (Å²) in [6.45, 7) is 2.00. The number of nitrogens with two attached hydrogens (primary N) is 2. The van der Waals surface area contributed by atoms with Gasteiger partial charge in [0, 0.05) is 16.9 Å². The van der Waals surface area contributed by atoms with E-state index in [0.29, 0.717) is 5.69 Å². The number of aryl methyl sites for hydroxylation is 1. The lowest BCUT2D eigenvalue weighted by Gasteiger charge is -2.32. The van der Waals surface area contributed by atoms with Crippen LogP contribution in [-0.2, 0) is 5.66 Å². The third-order valence-electron chi connectivity index (χ3n) is 4.53. The molecular formula is C21H20N4O. The van der Waals surface area contributed by atoms with E-state index in [9.17, 15) is 0 Å². The Balaban J connectivity index is 1.73. The lowest BCUT2D eigenvalue weighted by molar-refractivity contribution is 0.477. The van der Waals surface area contributed by atoms with E-state index in [1.165, 1.54) is 0 Å². The number of hydrogen-bond acceptors (Lipinski definition) is 5. The van der Waals surface area contributed by atoms with Crippen LogP contribution in [0.15, 0.2) is 71.7 Å². The van der Waals surface area contributed by atoms with Crippen LogP contribution in [0.1, 0.15) is 16.7 Å². The maximum atomic E-state index is 6.70. The molecule has 5 nitrogen and oxygen atoms in total. The first-order valence-electron chi connectivity index (χ1n) is 8.39. The molecule has 0 saturated carbocycles. The molecule has 0 bridgehead atoms. The van der Waals surface area contributed by atoms with Crippen LogP contribution < -0.4 is 21.5 Å². The summed E-state index contributed by atoms with van der Waals surface area (Å²) < 4.78 is 5.96. The van der Waals surface area contributed by atoms with Gasteiger partial charge >= 0.3 is 0 Å². The second kappa shape index (κ2) is 6.20. The third-order valence-corrected chi connectivity index (χ3v) is 4.53. The molecular weight excluding hydrogens is 324 g/mol. The van der Waals surface area contributed by atoms with E-state index in [1.807, 2.05) is 73.7 Å². The molecule has 1 unspecified atom stereocenters. The molecule has 0 aliphatic carbocycles. The van der Waals surface area contributed by atoms with E-state index in [1.54, 1.807) is 6.34 Å². The van der Waals surface area contributed by atoms with Crippen LogP contribution in [0.25, 0.3) is 0 Å². The Kier molecular flexibility index (Phi) is 3.86. The quantitative estimate of drug-likeness (QED) is 0.627. The molecule has 0 radical (unpaired) electrons. The van der Waals surface area contributed by atoms with Crippen molar-refractivity contribution in [2.45, 2.75) is 12.6 Å². The summed E-state index contributed by atoms with van der Waals surface area (Å²) in [7, 11) is 0. The zero-order valence-electron chi connectivity index (χ0n) is 14.4. The van der Waals surface area contributed by atoms with Crippen LogP contribution in [0.3, 0.4) is 0 Å². The minimum atomic E-state index is -0.994. The smallest absolute Gasteiger partial charge is 0.163 e. The van der Waals surface area contributed by atoms with E-state index >= 15 is 0 Å². The molecule has 4 rings (SSSR count). The highest BCUT2D eigenvalue weighted by atomic mass is 16.5. The highest BCUT2D eigenvalue weighted by molar-refractivity contribution is 5.83. The van der Waals surface area contributed by atoms with Gasteiger partial charge in [0.05, 0.1) is 6.34 Å². The molecule has 3 aromatic rings. The lowest BCUT2D eigenvalue weighted by Crippen LogP contribution is -2.39. The van der Waals surface area contributed by atoms with Gasteiger partial charge in [-0.1, -0.05) is 24.3 Å². The summed E-state index contributed by atoms with van der Waals surface area (Å²) in [5.74, 6) is 1.58. The molecule has 5 heteroatoms. The van der Waals surface area contributed by atoms with Crippen LogP contribution in [0.2, 0.25) is 0 Å². The van der Waals surface area contributed by atoms with Crippen molar-refractivity contribution in [3.8, 4) is 11.5 Å². The number of para-hydroxylation sites is 1. The summed E-state index contributed by atoms with van der Waals surface area (Å²) >= 11 is 0. The molecule has 26 heavy (non-hydrogen) atoms. The van der Waals surface area contributed by atoms with Gasteiger partial charge in [0.2, 0.25) is 0 Å². The van der Waals surface area contributed by atoms with E-state index in [0.717, 1.165) is 33.9 Å². The van der Waals surface area contributed by atoms with Crippen molar-refractivity contribution < 1.29 is 4.74 Å². The average molecular weight is 344 g/mol. The fourth-order valence-corrected chi connectivity index (χ4v) is 3.12. The van der Waals surface area contributed by atoms with E-state index in [4.69, 9.17) is 16.2 Å². The van der Waals surface area contributed by atoms with E-state index in [2.05, 4.69) is 10.3 Å². The zero-order valence-corrected chi connectivity index (χ0v) is 14.4. The summed E-state index contributed by atoms with van der Waals surface area (Å²) in [4.78, 5) is 4.51. The minimum Gasteiger partial charge on any atom is -0.457 e. The number of benzene rings is 3. The molecule has 1 aliphatic rings. The Bertz CT molecular complexity index is 985. The molecule has 5 N–H and O–H groups in total. The van der Waals surface area contributed by atoms with Gasteiger partial charge in [-0.3, -0.25) is 5.73 Å². The summed E-state index contributed by atoms with van der Waals surface area (Å²) in [5.41, 5.74) is 15.9. The maximum Gasteiger partial charge on any atom is 0.163 e. The molecule has 130 valence electrons. The van der Waals surface area contributed by atoms with Crippen molar-refractivity contribution in [2.75, 3.05) is 11.1 Å². The Morgan fingerprint density at radius 2 is 1.81 bits per heavy atom. The largest absolute Gasteiger partial charge is 0.457 e. The van der Waals surface area contributed by atoms with Crippen LogP contribution in [-0.4, -0.2) is 6.34 Å². The van der Waals surface area contributed by atoms with Crippen molar-refractivity contribution in [1.82, 2.24) is 0 Å². The van der Waals surface area contributed by atoms with Crippen molar-refractivity contribution in [1.29, 1.82) is 0 Å². The number of rotatable bonds is 3. The SMILES string of the molecule is Cc1cc(C2(N)N=CNc3ccc(N)cc32)ccc1Oc1ccccc1. The number of aliphatic imine (C=N–C) groups is 1. The van der Waals surface area contributed by atoms with Crippen LogP contribution in [0.5, 0.6) is 11.5 Å². The van der Waals surface area contributed by atoms with E-state index in [-0.39, 0.29) is 0 Å².